The van der Waals surface area contributed by atoms with Crippen LogP contribution in [0.1, 0.15) is 35.0 Å². The molecule has 1 amide bonds. The summed E-state index contributed by atoms with van der Waals surface area (Å²) in [6, 6.07) is 8.81. The number of amides is 1. The Bertz CT molecular complexity index is 819. The fraction of sp³-hybridized carbons (Fsp3) is 0.250. The molecule has 2 heterocycles. The summed E-state index contributed by atoms with van der Waals surface area (Å²) in [6.45, 7) is 3.60. The number of benzene rings is 1. The van der Waals surface area contributed by atoms with Gasteiger partial charge in [-0.15, -0.1) is 0 Å². The van der Waals surface area contributed by atoms with Crippen molar-refractivity contribution >= 4 is 16.9 Å². The molecule has 0 saturated carbocycles. The van der Waals surface area contributed by atoms with E-state index in [0.717, 1.165) is 5.39 Å². The third-order valence-electron chi connectivity index (χ3n) is 3.37. The van der Waals surface area contributed by atoms with Crippen molar-refractivity contribution in [3.8, 4) is 5.75 Å². The van der Waals surface area contributed by atoms with Crippen LogP contribution in [0.2, 0.25) is 0 Å². The Morgan fingerprint density at radius 3 is 2.86 bits per heavy atom. The van der Waals surface area contributed by atoms with Gasteiger partial charge in [0, 0.05) is 11.5 Å². The second-order valence-electron chi connectivity index (χ2n) is 5.06. The van der Waals surface area contributed by atoms with Crippen LogP contribution >= 0.6 is 0 Å². The number of carbonyl (C=O) groups is 1. The van der Waals surface area contributed by atoms with E-state index in [4.69, 9.17) is 13.7 Å². The third kappa shape index (κ3) is 2.55. The molecule has 0 aliphatic carbocycles. The molecule has 0 radical (unpaired) electrons. The highest BCUT2D eigenvalue weighted by molar-refractivity contribution is 5.91. The minimum Gasteiger partial charge on any atom is -0.493 e. The molecule has 1 N–H and O–H groups in total. The van der Waals surface area contributed by atoms with Crippen molar-refractivity contribution in [1.82, 2.24) is 10.5 Å². The largest absolute Gasteiger partial charge is 0.493 e. The second kappa shape index (κ2) is 5.55. The third-order valence-corrected chi connectivity index (χ3v) is 3.37. The number of para-hydroxylation sites is 1. The van der Waals surface area contributed by atoms with Crippen molar-refractivity contribution in [2.24, 2.45) is 0 Å². The topological polar surface area (TPSA) is 77.5 Å². The second-order valence-corrected chi connectivity index (χ2v) is 5.06. The highest BCUT2D eigenvalue weighted by Crippen LogP contribution is 2.30. The van der Waals surface area contributed by atoms with Crippen LogP contribution in [-0.4, -0.2) is 18.2 Å². The van der Waals surface area contributed by atoms with Crippen molar-refractivity contribution in [3.05, 3.63) is 47.5 Å². The molecule has 2 aromatic heterocycles. The van der Waals surface area contributed by atoms with Gasteiger partial charge in [-0.25, -0.2) is 0 Å². The van der Waals surface area contributed by atoms with Crippen molar-refractivity contribution in [2.45, 2.75) is 19.9 Å². The predicted octanol–water partition coefficient (Wildman–Crippen LogP) is 3.23. The zero-order valence-electron chi connectivity index (χ0n) is 12.5. The molecule has 1 aromatic carbocycles. The number of nitrogens with zero attached hydrogens (tertiary/aromatic N) is 1. The van der Waals surface area contributed by atoms with E-state index >= 15 is 0 Å². The van der Waals surface area contributed by atoms with Crippen LogP contribution in [0, 0.1) is 6.92 Å². The Morgan fingerprint density at radius 1 is 1.36 bits per heavy atom. The van der Waals surface area contributed by atoms with Gasteiger partial charge in [0.15, 0.2) is 11.3 Å². The number of carbonyl (C=O) groups excluding carboxylic acids is 1. The number of rotatable bonds is 4. The van der Waals surface area contributed by atoms with E-state index in [0.29, 0.717) is 22.8 Å². The SMILES string of the molecule is COc1cccc2cc(C(C)NC(=O)c3cc(C)no3)oc12. The summed E-state index contributed by atoms with van der Waals surface area (Å²) in [5.74, 6) is 1.15. The molecule has 0 spiro atoms. The summed E-state index contributed by atoms with van der Waals surface area (Å²) in [5, 5.41) is 7.44. The first-order valence-electron chi connectivity index (χ1n) is 6.89. The normalized spacial score (nSPS) is 12.3. The lowest BCUT2D eigenvalue weighted by atomic mass is 10.2. The van der Waals surface area contributed by atoms with Gasteiger partial charge in [0.1, 0.15) is 5.76 Å². The fourth-order valence-electron chi connectivity index (χ4n) is 2.24. The van der Waals surface area contributed by atoms with Gasteiger partial charge in [-0.3, -0.25) is 4.79 Å². The summed E-state index contributed by atoms with van der Waals surface area (Å²) < 4.78 is 16.0. The molecular formula is C16H16N2O4. The van der Waals surface area contributed by atoms with E-state index in [1.54, 1.807) is 20.1 Å². The molecule has 1 unspecified atom stereocenters. The van der Waals surface area contributed by atoms with Crippen LogP contribution in [-0.2, 0) is 0 Å². The van der Waals surface area contributed by atoms with Crippen LogP contribution in [0.3, 0.4) is 0 Å². The monoisotopic (exact) mass is 300 g/mol. The van der Waals surface area contributed by atoms with Crippen molar-refractivity contribution in [3.63, 3.8) is 0 Å². The molecule has 22 heavy (non-hydrogen) atoms. The molecule has 0 bridgehead atoms. The van der Waals surface area contributed by atoms with E-state index in [-0.39, 0.29) is 17.7 Å². The number of methoxy groups -OCH3 is 1. The van der Waals surface area contributed by atoms with E-state index < -0.39 is 0 Å². The molecule has 0 aliphatic rings. The number of furan rings is 1. The molecule has 6 nitrogen and oxygen atoms in total. The smallest absolute Gasteiger partial charge is 0.290 e. The Morgan fingerprint density at radius 2 is 2.18 bits per heavy atom. The van der Waals surface area contributed by atoms with Crippen LogP contribution < -0.4 is 10.1 Å². The molecule has 0 saturated heterocycles. The van der Waals surface area contributed by atoms with E-state index in [2.05, 4.69) is 10.5 Å². The number of hydrogen-bond donors (Lipinski definition) is 1. The number of ether oxygens (including phenoxy) is 1. The summed E-state index contributed by atoms with van der Waals surface area (Å²) >= 11 is 0. The molecule has 0 aliphatic heterocycles. The molecule has 114 valence electrons. The van der Waals surface area contributed by atoms with Crippen molar-refractivity contribution in [1.29, 1.82) is 0 Å². The van der Waals surface area contributed by atoms with Gasteiger partial charge in [0.25, 0.3) is 5.91 Å². The van der Waals surface area contributed by atoms with Crippen LogP contribution in [0.25, 0.3) is 11.0 Å². The van der Waals surface area contributed by atoms with E-state index in [1.165, 1.54) is 0 Å². The number of aryl methyl sites for hydroxylation is 1. The van der Waals surface area contributed by atoms with Crippen LogP contribution in [0.5, 0.6) is 5.75 Å². The van der Waals surface area contributed by atoms with Gasteiger partial charge in [-0.2, -0.15) is 0 Å². The maximum atomic E-state index is 12.1. The first-order valence-corrected chi connectivity index (χ1v) is 6.89. The molecular weight excluding hydrogens is 284 g/mol. The van der Waals surface area contributed by atoms with Gasteiger partial charge in [0.05, 0.1) is 18.8 Å². The fourth-order valence-corrected chi connectivity index (χ4v) is 2.24. The van der Waals surface area contributed by atoms with Gasteiger partial charge in [0.2, 0.25) is 5.76 Å². The number of fused-ring (bicyclic) bond motifs is 1. The minimum atomic E-state index is -0.333. The number of nitrogens with one attached hydrogen (secondary N) is 1. The Balaban J connectivity index is 1.83. The summed E-state index contributed by atoms with van der Waals surface area (Å²) in [7, 11) is 1.59. The number of hydrogen-bond acceptors (Lipinski definition) is 5. The standard InChI is InChI=1S/C16H16N2O4/c1-9-7-14(22-18-9)16(19)17-10(2)13-8-11-5-4-6-12(20-3)15(11)21-13/h4-8,10H,1-3H3,(H,17,19). The van der Waals surface area contributed by atoms with Gasteiger partial charge < -0.3 is 19.0 Å². The Hall–Kier alpha value is -2.76. The summed E-state index contributed by atoms with van der Waals surface area (Å²) in [4.78, 5) is 12.1. The summed E-state index contributed by atoms with van der Waals surface area (Å²) in [5.41, 5.74) is 1.32. The lowest BCUT2D eigenvalue weighted by molar-refractivity contribution is 0.0898. The zero-order valence-corrected chi connectivity index (χ0v) is 12.5. The van der Waals surface area contributed by atoms with E-state index in [1.807, 2.05) is 31.2 Å². The molecule has 1 atom stereocenters. The first-order chi connectivity index (χ1) is 10.6. The van der Waals surface area contributed by atoms with E-state index in [9.17, 15) is 4.79 Å². The van der Waals surface area contributed by atoms with Crippen LogP contribution in [0.15, 0.2) is 39.3 Å². The zero-order chi connectivity index (χ0) is 15.7. The molecule has 6 heteroatoms. The van der Waals surface area contributed by atoms with Crippen molar-refractivity contribution in [2.75, 3.05) is 7.11 Å². The van der Waals surface area contributed by atoms with Gasteiger partial charge in [-0.05, 0) is 26.0 Å². The molecule has 0 fully saturated rings. The quantitative estimate of drug-likeness (QED) is 0.800. The van der Waals surface area contributed by atoms with Gasteiger partial charge >= 0.3 is 0 Å². The molecule has 3 rings (SSSR count). The van der Waals surface area contributed by atoms with Crippen molar-refractivity contribution < 1.29 is 18.5 Å². The van der Waals surface area contributed by atoms with Gasteiger partial charge in [-0.1, -0.05) is 17.3 Å². The maximum absolute atomic E-state index is 12.1. The minimum absolute atomic E-state index is 0.179. The number of aromatic nitrogens is 1. The summed E-state index contributed by atoms with van der Waals surface area (Å²) in [6.07, 6.45) is 0. The highest BCUT2D eigenvalue weighted by atomic mass is 16.5. The average molecular weight is 300 g/mol. The van der Waals surface area contributed by atoms with Crippen LogP contribution in [0.4, 0.5) is 0 Å². The highest BCUT2D eigenvalue weighted by Gasteiger charge is 2.19. The Kier molecular flexibility index (Phi) is 3.58. The maximum Gasteiger partial charge on any atom is 0.290 e. The lowest BCUT2D eigenvalue weighted by Crippen LogP contribution is -2.25. The first kappa shape index (κ1) is 14.2. The lowest BCUT2D eigenvalue weighted by Gasteiger charge is -2.09. The predicted molar refractivity (Wildman–Crippen MR) is 79.9 cm³/mol. The molecule has 3 aromatic rings. The average Bonchev–Trinajstić information content (AvgIpc) is 3.12. The Labute approximate surface area is 127 Å².